The molecule has 19 heavy (non-hydrogen) atoms. The number of nitrogens with zero attached hydrogens (tertiary/aromatic N) is 3. The van der Waals surface area contributed by atoms with Crippen LogP contribution in [0.15, 0.2) is 0 Å². The summed E-state index contributed by atoms with van der Waals surface area (Å²) in [5.74, 6) is 2.21. The summed E-state index contributed by atoms with van der Waals surface area (Å²) in [7, 11) is 1.68. The lowest BCUT2D eigenvalue weighted by Crippen LogP contribution is -2.21. The maximum atomic E-state index is 5.40. The van der Waals surface area contributed by atoms with Gasteiger partial charge in [0.1, 0.15) is 11.6 Å². The highest BCUT2D eigenvalue weighted by atomic mass is 16.5. The molecule has 1 aliphatic rings. The third kappa shape index (κ3) is 4.56. The first-order valence-electron chi connectivity index (χ1n) is 7.10. The molecular formula is C13H24N4O2. The van der Waals surface area contributed by atoms with Gasteiger partial charge in [-0.1, -0.05) is 0 Å². The van der Waals surface area contributed by atoms with Crippen LogP contribution in [0, 0.1) is 0 Å². The predicted octanol–water partition coefficient (Wildman–Crippen LogP) is 0.757. The maximum absolute atomic E-state index is 5.40. The van der Waals surface area contributed by atoms with Gasteiger partial charge in [0, 0.05) is 26.7 Å². The number of hydrogen-bond acceptors (Lipinski definition) is 5. The number of rotatable bonds is 9. The van der Waals surface area contributed by atoms with Crippen molar-refractivity contribution in [3.05, 3.63) is 11.6 Å². The van der Waals surface area contributed by atoms with E-state index in [4.69, 9.17) is 9.47 Å². The number of hydrogen-bond donors (Lipinski definition) is 1. The van der Waals surface area contributed by atoms with Gasteiger partial charge in [0.15, 0.2) is 0 Å². The van der Waals surface area contributed by atoms with Gasteiger partial charge in [-0.2, -0.15) is 0 Å². The van der Waals surface area contributed by atoms with E-state index in [1.54, 1.807) is 7.11 Å². The molecule has 0 aromatic carbocycles. The smallest absolute Gasteiger partial charge is 0.147 e. The first-order valence-corrected chi connectivity index (χ1v) is 7.10. The van der Waals surface area contributed by atoms with Crippen molar-refractivity contribution in [2.45, 2.75) is 38.8 Å². The molecular weight excluding hydrogens is 244 g/mol. The van der Waals surface area contributed by atoms with E-state index in [-0.39, 0.29) is 0 Å². The third-order valence-corrected chi connectivity index (χ3v) is 3.29. The third-order valence-electron chi connectivity index (χ3n) is 3.29. The Kier molecular flexibility index (Phi) is 6.26. The molecule has 1 aromatic heterocycles. The van der Waals surface area contributed by atoms with Crippen molar-refractivity contribution in [1.29, 1.82) is 0 Å². The lowest BCUT2D eigenvalue weighted by molar-refractivity contribution is 0.0694. The molecule has 2 heterocycles. The molecule has 1 N–H and O–H groups in total. The van der Waals surface area contributed by atoms with Gasteiger partial charge in [-0.3, -0.25) is 0 Å². The minimum absolute atomic E-state index is 0.666. The van der Waals surface area contributed by atoms with Crippen LogP contribution in [0.25, 0.3) is 0 Å². The van der Waals surface area contributed by atoms with Gasteiger partial charge in [0.25, 0.3) is 0 Å². The Balaban J connectivity index is 1.57. The topological polar surface area (TPSA) is 61.2 Å². The van der Waals surface area contributed by atoms with Gasteiger partial charge in [-0.15, -0.1) is 10.2 Å². The van der Waals surface area contributed by atoms with E-state index >= 15 is 0 Å². The van der Waals surface area contributed by atoms with Gasteiger partial charge < -0.3 is 19.4 Å². The fourth-order valence-electron chi connectivity index (χ4n) is 2.24. The van der Waals surface area contributed by atoms with Gasteiger partial charge in [0.2, 0.25) is 0 Å². The lowest BCUT2D eigenvalue weighted by Gasteiger charge is -2.14. The van der Waals surface area contributed by atoms with Crippen molar-refractivity contribution in [1.82, 2.24) is 20.1 Å². The Labute approximate surface area is 114 Å². The number of ether oxygens (including phenoxy) is 2. The molecule has 0 saturated carbocycles. The summed E-state index contributed by atoms with van der Waals surface area (Å²) in [6.45, 7) is 4.92. The summed E-state index contributed by atoms with van der Waals surface area (Å²) in [6.07, 6.45) is 4.56. The Morgan fingerprint density at radius 2 is 2.16 bits per heavy atom. The first-order chi connectivity index (χ1) is 9.42. The number of nitrogens with one attached hydrogen (secondary N) is 1. The normalized spacial score (nSPS) is 14.6. The van der Waals surface area contributed by atoms with Crippen molar-refractivity contribution < 1.29 is 9.47 Å². The van der Waals surface area contributed by atoms with E-state index in [1.807, 2.05) is 0 Å². The van der Waals surface area contributed by atoms with Crippen molar-refractivity contribution >= 4 is 0 Å². The second kappa shape index (κ2) is 8.24. The van der Waals surface area contributed by atoms with Crippen LogP contribution in [-0.2, 0) is 29.0 Å². The largest absolute Gasteiger partial charge is 0.382 e. The molecule has 0 spiro atoms. The second-order valence-electron chi connectivity index (χ2n) is 4.78. The molecule has 0 unspecified atom stereocenters. The Hall–Kier alpha value is -0.980. The van der Waals surface area contributed by atoms with E-state index in [0.717, 1.165) is 50.7 Å². The summed E-state index contributed by atoms with van der Waals surface area (Å²) in [5, 5.41) is 11.9. The molecule has 1 aromatic rings. The fourth-order valence-corrected chi connectivity index (χ4v) is 2.24. The quantitative estimate of drug-likeness (QED) is 0.670. The van der Waals surface area contributed by atoms with Gasteiger partial charge in [-0.25, -0.2) is 0 Å². The van der Waals surface area contributed by atoms with E-state index in [9.17, 15) is 0 Å². The van der Waals surface area contributed by atoms with Crippen LogP contribution in [0.2, 0.25) is 0 Å². The molecule has 0 saturated heterocycles. The lowest BCUT2D eigenvalue weighted by atomic mass is 10.2. The molecule has 0 bridgehead atoms. The summed E-state index contributed by atoms with van der Waals surface area (Å²) in [5.41, 5.74) is 0. The van der Waals surface area contributed by atoms with E-state index in [1.165, 1.54) is 12.8 Å². The zero-order chi connectivity index (χ0) is 13.3. The van der Waals surface area contributed by atoms with Gasteiger partial charge >= 0.3 is 0 Å². The number of aromatic nitrogens is 3. The summed E-state index contributed by atoms with van der Waals surface area (Å²) < 4.78 is 12.6. The molecule has 2 rings (SSSR count). The van der Waals surface area contributed by atoms with Crippen LogP contribution in [0.4, 0.5) is 0 Å². The zero-order valence-corrected chi connectivity index (χ0v) is 11.7. The van der Waals surface area contributed by atoms with Crippen molar-refractivity contribution in [2.75, 3.05) is 33.5 Å². The Morgan fingerprint density at radius 1 is 1.21 bits per heavy atom. The van der Waals surface area contributed by atoms with Crippen LogP contribution < -0.4 is 5.32 Å². The standard InChI is InChI=1S/C13H24N4O2/c1-18-9-10-19-8-4-6-14-11-13-16-15-12-5-2-3-7-17(12)13/h14H,2-11H2,1H3. The van der Waals surface area contributed by atoms with Crippen molar-refractivity contribution in [3.8, 4) is 0 Å². The minimum atomic E-state index is 0.666. The molecule has 0 radical (unpaired) electrons. The Morgan fingerprint density at radius 3 is 3.05 bits per heavy atom. The SMILES string of the molecule is COCCOCCCNCc1nnc2n1CCCC2. The average molecular weight is 268 g/mol. The second-order valence-corrected chi connectivity index (χ2v) is 4.78. The highest BCUT2D eigenvalue weighted by molar-refractivity contribution is 4.98. The predicted molar refractivity (Wildman–Crippen MR) is 72.0 cm³/mol. The molecule has 108 valence electrons. The number of aryl methyl sites for hydroxylation is 1. The summed E-state index contributed by atoms with van der Waals surface area (Å²) >= 11 is 0. The molecule has 0 atom stereocenters. The van der Waals surface area contributed by atoms with Gasteiger partial charge in [-0.05, 0) is 25.8 Å². The van der Waals surface area contributed by atoms with Crippen molar-refractivity contribution in [3.63, 3.8) is 0 Å². The Bertz CT molecular complexity index is 368. The molecule has 6 nitrogen and oxygen atoms in total. The minimum Gasteiger partial charge on any atom is -0.382 e. The molecule has 0 aliphatic carbocycles. The van der Waals surface area contributed by atoms with Gasteiger partial charge in [0.05, 0.1) is 19.8 Å². The highest BCUT2D eigenvalue weighted by Gasteiger charge is 2.14. The molecule has 0 amide bonds. The summed E-state index contributed by atoms with van der Waals surface area (Å²) in [6, 6.07) is 0. The van der Waals surface area contributed by atoms with E-state index in [0.29, 0.717) is 13.2 Å². The zero-order valence-electron chi connectivity index (χ0n) is 11.7. The monoisotopic (exact) mass is 268 g/mol. The van der Waals surface area contributed by atoms with Crippen LogP contribution in [0.3, 0.4) is 0 Å². The molecule has 6 heteroatoms. The average Bonchev–Trinajstić information content (AvgIpc) is 2.85. The van der Waals surface area contributed by atoms with E-state index < -0.39 is 0 Å². The number of fused-ring (bicyclic) bond motifs is 1. The van der Waals surface area contributed by atoms with Crippen LogP contribution in [-0.4, -0.2) is 48.2 Å². The number of methoxy groups -OCH3 is 1. The van der Waals surface area contributed by atoms with E-state index in [2.05, 4.69) is 20.1 Å². The van der Waals surface area contributed by atoms with Crippen LogP contribution in [0.5, 0.6) is 0 Å². The highest BCUT2D eigenvalue weighted by Crippen LogP contribution is 2.13. The maximum Gasteiger partial charge on any atom is 0.147 e. The van der Waals surface area contributed by atoms with Crippen molar-refractivity contribution in [2.24, 2.45) is 0 Å². The molecule has 0 fully saturated rings. The fraction of sp³-hybridized carbons (Fsp3) is 0.846. The molecule has 1 aliphatic heterocycles. The van der Waals surface area contributed by atoms with Crippen LogP contribution in [0.1, 0.15) is 30.9 Å². The van der Waals surface area contributed by atoms with Crippen LogP contribution >= 0.6 is 0 Å². The first kappa shape index (κ1) is 14.4. The summed E-state index contributed by atoms with van der Waals surface area (Å²) in [4.78, 5) is 0.